The van der Waals surface area contributed by atoms with Crippen molar-refractivity contribution in [2.24, 2.45) is 5.92 Å². The van der Waals surface area contributed by atoms with Gasteiger partial charge in [0.1, 0.15) is 0 Å². The first-order valence-electron chi connectivity index (χ1n) is 12.4. The van der Waals surface area contributed by atoms with Crippen molar-refractivity contribution >= 4 is 17.5 Å². The fraction of sp³-hybridized carbons (Fsp3) is 0.556. The lowest BCUT2D eigenvalue weighted by molar-refractivity contribution is -0.123. The van der Waals surface area contributed by atoms with Crippen molar-refractivity contribution in [1.82, 2.24) is 15.2 Å². The number of aryl methyl sites for hydroxylation is 2. The lowest BCUT2D eigenvalue weighted by atomic mass is 9.81. The maximum Gasteiger partial charge on any atom is 0.253 e. The standard InChI is InChI=1S/C27H36ClN3O4/c1-7-17-12-15(2)30-26(33)21(17)14-29-25(32)20-13-22(28)24-23(16(20)3)34-27(4,35-24)18-8-10-19(11-9-18)31(5)6/h12-13,18-19H,7-11,14H2,1-6H3,(H,29,32)(H,30,33)/t18-,19-,27?. The largest absolute Gasteiger partial charge is 0.448 e. The number of H-pyrrole nitrogens is 1. The van der Waals surface area contributed by atoms with E-state index in [0.717, 1.165) is 36.9 Å². The van der Waals surface area contributed by atoms with Crippen LogP contribution < -0.4 is 20.3 Å². The third-order valence-electron chi connectivity index (χ3n) is 7.63. The van der Waals surface area contributed by atoms with Crippen LogP contribution >= 0.6 is 11.6 Å². The highest BCUT2D eigenvalue weighted by Gasteiger charge is 2.47. The Bertz CT molecular complexity index is 1180. The summed E-state index contributed by atoms with van der Waals surface area (Å²) >= 11 is 6.58. The lowest BCUT2D eigenvalue weighted by Crippen LogP contribution is -2.46. The van der Waals surface area contributed by atoms with Gasteiger partial charge >= 0.3 is 0 Å². The van der Waals surface area contributed by atoms with Crippen molar-refractivity contribution in [3.05, 3.63) is 55.5 Å². The molecule has 1 atom stereocenters. The van der Waals surface area contributed by atoms with Crippen LogP contribution in [-0.4, -0.2) is 41.7 Å². The van der Waals surface area contributed by atoms with E-state index in [-0.39, 0.29) is 23.9 Å². The molecule has 1 aromatic heterocycles. The van der Waals surface area contributed by atoms with Gasteiger partial charge in [0.15, 0.2) is 11.5 Å². The van der Waals surface area contributed by atoms with Crippen LogP contribution in [0.5, 0.6) is 11.5 Å². The maximum atomic E-state index is 13.1. The molecule has 35 heavy (non-hydrogen) atoms. The summed E-state index contributed by atoms with van der Waals surface area (Å²) in [5.74, 6) is 0.148. The number of hydrogen-bond donors (Lipinski definition) is 2. The third-order valence-corrected chi connectivity index (χ3v) is 7.91. The first-order chi connectivity index (χ1) is 16.5. The summed E-state index contributed by atoms with van der Waals surface area (Å²) in [6, 6.07) is 4.15. The minimum absolute atomic E-state index is 0.135. The van der Waals surface area contributed by atoms with E-state index in [1.165, 1.54) is 0 Å². The first kappa shape index (κ1) is 25.6. The van der Waals surface area contributed by atoms with Gasteiger partial charge in [0.05, 0.1) is 5.02 Å². The Hall–Kier alpha value is -2.51. The second kappa shape index (κ2) is 9.86. The molecule has 1 aliphatic carbocycles. The van der Waals surface area contributed by atoms with Crippen molar-refractivity contribution < 1.29 is 14.3 Å². The van der Waals surface area contributed by atoms with Crippen LogP contribution in [0.25, 0.3) is 0 Å². The molecule has 1 unspecified atom stereocenters. The Morgan fingerprint density at radius 3 is 2.46 bits per heavy atom. The number of aromatic amines is 1. The Morgan fingerprint density at radius 1 is 1.17 bits per heavy atom. The average molecular weight is 502 g/mol. The highest BCUT2D eigenvalue weighted by molar-refractivity contribution is 6.33. The van der Waals surface area contributed by atoms with Crippen LogP contribution in [0.15, 0.2) is 16.9 Å². The predicted molar refractivity (Wildman–Crippen MR) is 138 cm³/mol. The van der Waals surface area contributed by atoms with Gasteiger partial charge < -0.3 is 24.7 Å². The highest BCUT2D eigenvalue weighted by atomic mass is 35.5. The van der Waals surface area contributed by atoms with Gasteiger partial charge in [0.25, 0.3) is 17.3 Å². The molecule has 1 aliphatic heterocycles. The summed E-state index contributed by atoms with van der Waals surface area (Å²) in [6.45, 7) is 7.79. The minimum atomic E-state index is -0.811. The molecule has 0 spiro atoms. The molecule has 2 N–H and O–H groups in total. The number of ether oxygens (including phenoxy) is 2. The molecule has 4 rings (SSSR count). The van der Waals surface area contributed by atoms with Crippen molar-refractivity contribution in [2.45, 2.75) is 78.2 Å². The van der Waals surface area contributed by atoms with Gasteiger partial charge in [-0.2, -0.15) is 0 Å². The number of nitrogens with zero attached hydrogens (tertiary/aromatic N) is 1. The van der Waals surface area contributed by atoms with Crippen LogP contribution in [0.2, 0.25) is 5.02 Å². The van der Waals surface area contributed by atoms with E-state index in [1.807, 2.05) is 33.8 Å². The Labute approximate surface area is 212 Å². The molecule has 1 amide bonds. The maximum absolute atomic E-state index is 13.1. The second-order valence-electron chi connectivity index (χ2n) is 10.2. The Kier molecular flexibility index (Phi) is 7.21. The average Bonchev–Trinajstić information content (AvgIpc) is 3.20. The van der Waals surface area contributed by atoms with Crippen LogP contribution in [0.1, 0.15) is 72.3 Å². The zero-order valence-corrected chi connectivity index (χ0v) is 22.3. The smallest absolute Gasteiger partial charge is 0.253 e. The topological polar surface area (TPSA) is 83.7 Å². The van der Waals surface area contributed by atoms with Crippen molar-refractivity contribution in [3.8, 4) is 11.5 Å². The minimum Gasteiger partial charge on any atom is -0.448 e. The number of carbonyl (C=O) groups is 1. The van der Waals surface area contributed by atoms with Crippen molar-refractivity contribution in [1.29, 1.82) is 0 Å². The number of hydrogen-bond acceptors (Lipinski definition) is 5. The molecule has 8 heteroatoms. The van der Waals surface area contributed by atoms with Gasteiger partial charge in [-0.1, -0.05) is 18.5 Å². The summed E-state index contributed by atoms with van der Waals surface area (Å²) in [6.07, 6.45) is 4.90. The number of benzene rings is 1. The third kappa shape index (κ3) is 4.94. The molecule has 1 aromatic carbocycles. The fourth-order valence-electron chi connectivity index (χ4n) is 5.42. The van der Waals surface area contributed by atoms with E-state index in [1.54, 1.807) is 6.07 Å². The van der Waals surface area contributed by atoms with E-state index in [0.29, 0.717) is 45.7 Å². The van der Waals surface area contributed by atoms with E-state index >= 15 is 0 Å². The molecule has 2 heterocycles. The van der Waals surface area contributed by atoms with Crippen molar-refractivity contribution in [3.63, 3.8) is 0 Å². The van der Waals surface area contributed by atoms with Crippen LogP contribution in [-0.2, 0) is 13.0 Å². The van der Waals surface area contributed by atoms with E-state index < -0.39 is 5.79 Å². The molecule has 7 nitrogen and oxygen atoms in total. The molecule has 2 aromatic rings. The molecule has 190 valence electrons. The van der Waals surface area contributed by atoms with Crippen LogP contribution in [0.3, 0.4) is 0 Å². The quantitative estimate of drug-likeness (QED) is 0.597. The molecule has 0 bridgehead atoms. The predicted octanol–water partition coefficient (Wildman–Crippen LogP) is 4.75. The van der Waals surface area contributed by atoms with Gasteiger partial charge in [0.2, 0.25) is 0 Å². The fourth-order valence-corrected chi connectivity index (χ4v) is 5.66. The number of fused-ring (bicyclic) bond motifs is 1. The Morgan fingerprint density at radius 2 is 1.83 bits per heavy atom. The molecule has 0 saturated heterocycles. The molecular weight excluding hydrogens is 466 g/mol. The lowest BCUT2D eigenvalue weighted by Gasteiger charge is -2.39. The van der Waals surface area contributed by atoms with Gasteiger partial charge in [-0.05, 0) is 77.7 Å². The summed E-state index contributed by atoms with van der Waals surface area (Å²) in [7, 11) is 4.25. The number of aromatic nitrogens is 1. The van der Waals surface area contributed by atoms with Crippen LogP contribution in [0, 0.1) is 19.8 Å². The van der Waals surface area contributed by atoms with Gasteiger partial charge in [-0.15, -0.1) is 0 Å². The molecule has 1 fully saturated rings. The van der Waals surface area contributed by atoms with E-state index in [2.05, 4.69) is 29.3 Å². The summed E-state index contributed by atoms with van der Waals surface area (Å²) in [5.41, 5.74) is 3.21. The molecule has 0 radical (unpaired) electrons. The van der Waals surface area contributed by atoms with Crippen LogP contribution in [0.4, 0.5) is 0 Å². The van der Waals surface area contributed by atoms with Gasteiger partial charge in [-0.25, -0.2) is 0 Å². The van der Waals surface area contributed by atoms with E-state index in [9.17, 15) is 9.59 Å². The van der Waals surface area contributed by atoms with E-state index in [4.69, 9.17) is 21.1 Å². The zero-order chi connectivity index (χ0) is 25.5. The molecule has 1 saturated carbocycles. The number of nitrogens with one attached hydrogen (secondary N) is 2. The summed E-state index contributed by atoms with van der Waals surface area (Å²) in [4.78, 5) is 30.7. The van der Waals surface area contributed by atoms with Gasteiger partial charge in [-0.3, -0.25) is 9.59 Å². The number of halogens is 1. The highest BCUT2D eigenvalue weighted by Crippen LogP contribution is 2.51. The molecular formula is C27H36ClN3O4. The Balaban J connectivity index is 1.52. The number of carbonyl (C=O) groups excluding carboxylic acids is 1. The normalized spacial score (nSPS) is 23.5. The zero-order valence-electron chi connectivity index (χ0n) is 21.5. The second-order valence-corrected chi connectivity index (χ2v) is 10.6. The number of amides is 1. The van der Waals surface area contributed by atoms with Gasteiger partial charge in [0, 0.05) is 47.8 Å². The summed E-state index contributed by atoms with van der Waals surface area (Å²) < 4.78 is 12.7. The number of pyridine rings is 1. The number of rotatable bonds is 6. The van der Waals surface area contributed by atoms with Crippen molar-refractivity contribution in [2.75, 3.05) is 14.1 Å². The summed E-state index contributed by atoms with van der Waals surface area (Å²) in [5, 5.41) is 3.24. The SMILES string of the molecule is CCc1cc(C)[nH]c(=O)c1CNC(=O)c1cc(Cl)c2c(c1C)OC(C)([C@H]1CC[C@H](N(C)C)CC1)O2. The monoisotopic (exact) mass is 501 g/mol. The molecule has 2 aliphatic rings. The first-order valence-corrected chi connectivity index (χ1v) is 12.8.